The zero-order chi connectivity index (χ0) is 18.1. The van der Waals surface area contributed by atoms with Gasteiger partial charge in [0.1, 0.15) is 0 Å². The molecule has 1 unspecified atom stereocenters. The molecule has 0 aliphatic carbocycles. The maximum absolute atomic E-state index is 13.5. The van der Waals surface area contributed by atoms with Crippen LogP contribution >= 0.6 is 11.6 Å². The summed E-state index contributed by atoms with van der Waals surface area (Å²) >= 11 is 4.63. The molecule has 1 aromatic carbocycles. The number of hydrogen-bond donors (Lipinski definition) is 1. The Kier molecular flexibility index (Phi) is 3.52. The molecule has 2 heterocycles. The van der Waals surface area contributed by atoms with Crippen molar-refractivity contribution in [3.05, 3.63) is 45.2 Å². The summed E-state index contributed by atoms with van der Waals surface area (Å²) in [4.78, 5) is 11.9. The van der Waals surface area contributed by atoms with Gasteiger partial charge < -0.3 is 9.67 Å². The van der Waals surface area contributed by atoms with E-state index in [4.69, 9.17) is 0 Å². The summed E-state index contributed by atoms with van der Waals surface area (Å²) in [6.45, 7) is 1.72. The molecule has 0 saturated carbocycles. The first-order chi connectivity index (χ1) is 10.9. The number of benzene rings is 1. The fourth-order valence-corrected chi connectivity index (χ4v) is 3.32. The zero-order valence-electron chi connectivity index (χ0n) is 12.2. The first-order valence-electron chi connectivity index (χ1n) is 6.91. The van der Waals surface area contributed by atoms with E-state index in [0.717, 1.165) is 12.1 Å². The topological polar surface area (TPSA) is 42.2 Å². The number of halogens is 6. The average molecular weight is 368 g/mol. The fourth-order valence-electron chi connectivity index (χ4n) is 3.11. The Morgan fingerprint density at radius 3 is 2.33 bits per heavy atom. The van der Waals surface area contributed by atoms with E-state index in [1.165, 1.54) is 17.6 Å². The largest absolute Gasteiger partial charge is 0.428 e. The third-order valence-corrected chi connectivity index (χ3v) is 4.61. The summed E-state index contributed by atoms with van der Waals surface area (Å²) < 4.78 is 68.1. The highest BCUT2D eigenvalue weighted by Gasteiger charge is 2.69. The minimum Gasteiger partial charge on any atom is -0.371 e. The summed E-state index contributed by atoms with van der Waals surface area (Å²) in [6, 6.07) is 2.88. The molecule has 1 aromatic heterocycles. The van der Waals surface area contributed by atoms with E-state index in [9.17, 15) is 31.9 Å². The molecule has 3 nitrogen and oxygen atoms in total. The lowest BCUT2D eigenvalue weighted by molar-refractivity contribution is -0.317. The summed E-state index contributed by atoms with van der Waals surface area (Å²) in [5.74, 6) is 0. The highest BCUT2D eigenvalue weighted by molar-refractivity contribution is 6.22. The van der Waals surface area contributed by atoms with Crippen molar-refractivity contribution in [3.8, 4) is 0 Å². The van der Waals surface area contributed by atoms with Gasteiger partial charge in [-0.25, -0.2) is 0 Å². The molecule has 0 radical (unpaired) electrons. The highest BCUT2D eigenvalue weighted by Crippen LogP contribution is 2.52. The third kappa shape index (κ3) is 2.16. The van der Waals surface area contributed by atoms with Gasteiger partial charge in [0.2, 0.25) is 0 Å². The first-order valence-corrected chi connectivity index (χ1v) is 7.29. The molecule has 2 aromatic rings. The number of nitrogens with zero attached hydrogens (tertiary/aromatic N) is 1. The monoisotopic (exact) mass is 367 g/mol. The molecule has 24 heavy (non-hydrogen) atoms. The van der Waals surface area contributed by atoms with Gasteiger partial charge in [-0.2, -0.15) is 22.0 Å². The molecule has 1 aliphatic rings. The number of alkyl halides is 6. The van der Waals surface area contributed by atoms with Crippen LogP contribution in [0.2, 0.25) is 0 Å². The van der Waals surface area contributed by atoms with Crippen LogP contribution < -0.4 is 5.56 Å². The number of aromatic nitrogens is 1. The van der Waals surface area contributed by atoms with Crippen LogP contribution in [0.1, 0.15) is 16.7 Å². The van der Waals surface area contributed by atoms with Crippen molar-refractivity contribution in [3.63, 3.8) is 0 Å². The molecular weight excluding hydrogens is 357 g/mol. The maximum atomic E-state index is 13.5. The highest BCUT2D eigenvalue weighted by atomic mass is 35.5. The van der Waals surface area contributed by atoms with Gasteiger partial charge in [0, 0.05) is 23.6 Å². The van der Waals surface area contributed by atoms with Crippen LogP contribution in [0.15, 0.2) is 23.0 Å². The molecule has 3 rings (SSSR count). The Labute approximate surface area is 137 Å². The van der Waals surface area contributed by atoms with Crippen molar-refractivity contribution in [1.29, 1.82) is 0 Å². The summed E-state index contributed by atoms with van der Waals surface area (Å²) in [5.41, 5.74) is -4.90. The lowest BCUT2D eigenvalue weighted by Crippen LogP contribution is -2.53. The van der Waals surface area contributed by atoms with E-state index in [2.05, 4.69) is 11.6 Å². The molecule has 0 spiro atoms. The van der Waals surface area contributed by atoms with E-state index in [1.807, 2.05) is 0 Å². The van der Waals surface area contributed by atoms with Gasteiger partial charge >= 0.3 is 11.6 Å². The number of rotatable bonds is 2. The molecule has 1 aliphatic heterocycles. The van der Waals surface area contributed by atoms with Crippen LogP contribution in [0.4, 0.5) is 22.0 Å². The van der Waals surface area contributed by atoms with E-state index in [0.29, 0.717) is 11.1 Å². The Morgan fingerprint density at radius 2 is 1.79 bits per heavy atom. The summed E-state index contributed by atoms with van der Waals surface area (Å²) in [7, 11) is 0. The van der Waals surface area contributed by atoms with Crippen molar-refractivity contribution >= 4 is 22.5 Å². The minimum absolute atomic E-state index is 0.197. The fraction of sp³-hybridized carbons (Fsp3) is 0.400. The standard InChI is InChI=1S/C15H11ClF5NO2/c1-7-4-11(23)22-3-2-8-5-9(6-10(7)12(8)22)13(24,14(16,17)18)15(19,20)21/h4-6,24H,2-3H2,1H3. The molecule has 0 saturated heterocycles. The average Bonchev–Trinajstić information content (AvgIpc) is 2.85. The smallest absolute Gasteiger partial charge is 0.371 e. The molecule has 1 N–H and O–H groups in total. The third-order valence-electron chi connectivity index (χ3n) is 4.33. The van der Waals surface area contributed by atoms with Crippen LogP contribution in [0.3, 0.4) is 0 Å². The second kappa shape index (κ2) is 4.92. The van der Waals surface area contributed by atoms with E-state index in [1.54, 1.807) is 0 Å². The van der Waals surface area contributed by atoms with Crippen LogP contribution in [-0.4, -0.2) is 21.2 Å². The van der Waals surface area contributed by atoms with Gasteiger partial charge in [-0.15, -0.1) is 0 Å². The van der Waals surface area contributed by atoms with Crippen LogP contribution in [-0.2, 0) is 18.6 Å². The SMILES string of the molecule is Cc1cc(=O)n2c3c(cc(C(O)(C(F)(F)F)C(F)(F)Cl)cc13)CC2. The molecule has 0 amide bonds. The number of aliphatic hydroxyl groups is 1. The van der Waals surface area contributed by atoms with Gasteiger partial charge in [0.25, 0.3) is 11.2 Å². The van der Waals surface area contributed by atoms with Crippen molar-refractivity contribution < 1.29 is 27.1 Å². The number of pyridine rings is 1. The van der Waals surface area contributed by atoms with E-state index < -0.39 is 22.7 Å². The normalized spacial score (nSPS) is 17.3. The Morgan fingerprint density at radius 1 is 1.17 bits per heavy atom. The Bertz CT molecular complexity index is 884. The van der Waals surface area contributed by atoms with Gasteiger partial charge in [-0.05, 0) is 42.1 Å². The molecule has 0 fully saturated rings. The van der Waals surface area contributed by atoms with Gasteiger partial charge in [0.05, 0.1) is 5.52 Å². The van der Waals surface area contributed by atoms with Crippen molar-refractivity contribution in [2.24, 2.45) is 0 Å². The predicted molar refractivity (Wildman–Crippen MR) is 77.4 cm³/mol. The molecular formula is C15H11ClF5NO2. The second-order valence-electron chi connectivity index (χ2n) is 5.80. The first kappa shape index (κ1) is 17.2. The number of hydrogen-bond acceptors (Lipinski definition) is 2. The molecule has 130 valence electrons. The van der Waals surface area contributed by atoms with Crippen molar-refractivity contribution in [2.45, 2.75) is 37.0 Å². The summed E-state index contributed by atoms with van der Waals surface area (Å²) in [5, 5.41) is 5.05. The van der Waals surface area contributed by atoms with Gasteiger partial charge in [-0.1, -0.05) is 6.07 Å². The summed E-state index contributed by atoms with van der Waals surface area (Å²) in [6.07, 6.45) is -5.50. The lowest BCUT2D eigenvalue weighted by atomic mass is 9.89. The van der Waals surface area contributed by atoms with E-state index in [-0.39, 0.29) is 29.5 Å². The molecule has 1 atom stereocenters. The van der Waals surface area contributed by atoms with Crippen LogP contribution in [0, 0.1) is 6.92 Å². The van der Waals surface area contributed by atoms with Crippen molar-refractivity contribution in [1.82, 2.24) is 4.57 Å². The zero-order valence-corrected chi connectivity index (χ0v) is 13.0. The minimum atomic E-state index is -5.69. The maximum Gasteiger partial charge on any atom is 0.428 e. The Balaban J connectivity index is 2.40. The Hall–Kier alpha value is -1.67. The van der Waals surface area contributed by atoms with Crippen LogP contribution in [0.5, 0.6) is 0 Å². The van der Waals surface area contributed by atoms with Gasteiger partial charge in [-0.3, -0.25) is 4.79 Å². The lowest BCUT2D eigenvalue weighted by Gasteiger charge is -2.34. The second-order valence-corrected chi connectivity index (χ2v) is 6.28. The molecule has 0 bridgehead atoms. The van der Waals surface area contributed by atoms with Gasteiger partial charge in [0.15, 0.2) is 0 Å². The predicted octanol–water partition coefficient (Wildman–Crippen LogP) is 3.45. The van der Waals surface area contributed by atoms with E-state index >= 15 is 0 Å². The molecule has 9 heteroatoms. The number of aryl methyl sites for hydroxylation is 3. The van der Waals surface area contributed by atoms with Crippen molar-refractivity contribution in [2.75, 3.05) is 0 Å². The quantitative estimate of drug-likeness (QED) is 0.652. The van der Waals surface area contributed by atoms with Crippen LogP contribution in [0.25, 0.3) is 10.9 Å².